The number of Topliss-reactive ketones (excluding diaryl/α,β-unsaturated/α-hetero) is 1. The molecule has 0 aromatic carbocycles. The van der Waals surface area contributed by atoms with Crippen molar-refractivity contribution < 1.29 is 34.0 Å². The molecule has 2 saturated heterocycles. The molecule has 3 rings (SSSR count). The van der Waals surface area contributed by atoms with Crippen molar-refractivity contribution in [3.63, 3.8) is 0 Å². The lowest BCUT2D eigenvalue weighted by Crippen LogP contribution is -2.53. The van der Waals surface area contributed by atoms with E-state index in [1.807, 2.05) is 0 Å². The van der Waals surface area contributed by atoms with E-state index in [9.17, 15) is 14.7 Å². The number of aliphatic carboxylic acids is 1. The maximum absolute atomic E-state index is 13.3. The number of fused-ring (bicyclic) bond motifs is 1. The van der Waals surface area contributed by atoms with Crippen molar-refractivity contribution in [2.24, 2.45) is 17.8 Å². The van der Waals surface area contributed by atoms with Gasteiger partial charge in [0.15, 0.2) is 0 Å². The van der Waals surface area contributed by atoms with Gasteiger partial charge in [0.05, 0.1) is 12.7 Å². The van der Waals surface area contributed by atoms with E-state index in [4.69, 9.17) is 19.3 Å². The molecule has 1 saturated carbocycles. The summed E-state index contributed by atoms with van der Waals surface area (Å²) in [5.41, 5.74) is 0. The van der Waals surface area contributed by atoms with Crippen LogP contribution in [0.15, 0.2) is 0 Å². The summed E-state index contributed by atoms with van der Waals surface area (Å²) < 4.78 is 17.1. The number of hydrogen-bond acceptors (Lipinski definition) is 6. The van der Waals surface area contributed by atoms with E-state index in [0.29, 0.717) is 18.3 Å². The van der Waals surface area contributed by atoms with Crippen LogP contribution < -0.4 is 0 Å². The molecule has 0 aromatic rings. The fraction of sp³-hybridized carbons (Fsp3) is 0.926. The maximum atomic E-state index is 13.3. The fourth-order valence-corrected chi connectivity index (χ4v) is 6.06. The molecule has 0 aromatic heterocycles. The van der Waals surface area contributed by atoms with E-state index < -0.39 is 30.9 Å². The highest BCUT2D eigenvalue weighted by Crippen LogP contribution is 2.45. The van der Waals surface area contributed by atoms with Crippen molar-refractivity contribution in [2.45, 2.75) is 128 Å². The summed E-state index contributed by atoms with van der Waals surface area (Å²) in [4.78, 5) is 24.1. The quantitative estimate of drug-likeness (QED) is 0.246. The highest BCUT2D eigenvalue weighted by atomic mass is 16.7. The highest BCUT2D eigenvalue weighted by molar-refractivity contribution is 5.82. The lowest BCUT2D eigenvalue weighted by molar-refractivity contribution is -0.166. The Morgan fingerprint density at radius 3 is 2.24 bits per heavy atom. The Morgan fingerprint density at radius 2 is 1.56 bits per heavy atom. The lowest BCUT2D eigenvalue weighted by Gasteiger charge is -2.42. The van der Waals surface area contributed by atoms with Gasteiger partial charge in [-0.15, -0.1) is 0 Å². The molecule has 8 atom stereocenters. The largest absolute Gasteiger partial charge is 0.480 e. The van der Waals surface area contributed by atoms with Gasteiger partial charge >= 0.3 is 5.97 Å². The second kappa shape index (κ2) is 13.9. The second-order valence-electron chi connectivity index (χ2n) is 10.7. The molecular weight excluding hydrogens is 436 g/mol. The summed E-state index contributed by atoms with van der Waals surface area (Å²) in [6.45, 7) is 4.15. The van der Waals surface area contributed by atoms with E-state index in [1.54, 1.807) is 0 Å². The summed E-state index contributed by atoms with van der Waals surface area (Å²) in [7, 11) is 0. The van der Waals surface area contributed by atoms with Gasteiger partial charge in [0, 0.05) is 12.3 Å². The number of ether oxygens (including phenoxy) is 3. The number of rotatable bonds is 16. The van der Waals surface area contributed by atoms with Crippen molar-refractivity contribution >= 4 is 11.8 Å². The highest BCUT2D eigenvalue weighted by Gasteiger charge is 2.59. The van der Waals surface area contributed by atoms with Gasteiger partial charge in [0.2, 0.25) is 0 Å². The first-order chi connectivity index (χ1) is 16.5. The molecule has 1 aliphatic carbocycles. The first-order valence-electron chi connectivity index (χ1n) is 13.8. The Bertz CT molecular complexity index is 638. The van der Waals surface area contributed by atoms with Crippen LogP contribution in [-0.4, -0.2) is 65.7 Å². The molecule has 2 N–H and O–H groups in total. The topological polar surface area (TPSA) is 106 Å². The molecule has 7 heteroatoms. The van der Waals surface area contributed by atoms with Gasteiger partial charge in [-0.3, -0.25) is 4.79 Å². The first-order valence-corrected chi connectivity index (χ1v) is 13.8. The Morgan fingerprint density at radius 1 is 0.912 bits per heavy atom. The van der Waals surface area contributed by atoms with Gasteiger partial charge in [-0.2, -0.15) is 0 Å². The predicted molar refractivity (Wildman–Crippen MR) is 129 cm³/mol. The summed E-state index contributed by atoms with van der Waals surface area (Å²) in [5, 5.41) is 19.7. The number of ketones is 1. The average Bonchev–Trinajstić information content (AvgIpc) is 3.61. The predicted octanol–water partition coefficient (Wildman–Crippen LogP) is 4.53. The minimum atomic E-state index is -1.03. The van der Waals surface area contributed by atoms with E-state index in [2.05, 4.69) is 13.8 Å². The van der Waals surface area contributed by atoms with Crippen molar-refractivity contribution in [3.8, 4) is 0 Å². The Labute approximate surface area is 204 Å². The molecule has 196 valence electrons. The molecule has 0 radical (unpaired) electrons. The molecular formula is C27H46O7. The third kappa shape index (κ3) is 7.74. The summed E-state index contributed by atoms with van der Waals surface area (Å²) in [6, 6.07) is 0. The number of epoxide rings is 1. The smallest absolute Gasteiger partial charge is 0.329 e. The van der Waals surface area contributed by atoms with Crippen LogP contribution in [0.25, 0.3) is 0 Å². The third-order valence-electron chi connectivity index (χ3n) is 8.04. The van der Waals surface area contributed by atoms with Crippen molar-refractivity contribution in [1.82, 2.24) is 0 Å². The fourth-order valence-electron chi connectivity index (χ4n) is 6.06. The zero-order valence-corrected chi connectivity index (χ0v) is 21.2. The molecule has 0 bridgehead atoms. The van der Waals surface area contributed by atoms with Crippen molar-refractivity contribution in [2.75, 3.05) is 13.2 Å². The standard InChI is InChI=1S/C27H46O7/c1-3-5-7-9-11-13-19-15-21(28)20(14-18(19)12-10-8-6-4-2)25-24(31)27-26(34-27)22(33-25)16-32-17-23(29)30/h18-20,22,24-27,31H,3-17H2,1-2H3,(H,29,30). The van der Waals surface area contributed by atoms with Gasteiger partial charge in [0.25, 0.3) is 0 Å². The summed E-state index contributed by atoms with van der Waals surface area (Å²) >= 11 is 0. The van der Waals surface area contributed by atoms with Crippen LogP contribution in [0.1, 0.15) is 97.3 Å². The zero-order valence-electron chi connectivity index (χ0n) is 21.2. The van der Waals surface area contributed by atoms with Crippen LogP contribution >= 0.6 is 0 Å². The molecule has 0 amide bonds. The normalized spacial score (nSPS) is 35.2. The van der Waals surface area contributed by atoms with Crippen LogP contribution in [0.2, 0.25) is 0 Å². The van der Waals surface area contributed by atoms with E-state index in [1.165, 1.54) is 57.8 Å². The van der Waals surface area contributed by atoms with Crippen molar-refractivity contribution in [3.05, 3.63) is 0 Å². The molecule has 0 spiro atoms. The molecule has 3 fully saturated rings. The van der Waals surface area contributed by atoms with Crippen LogP contribution in [0.4, 0.5) is 0 Å². The van der Waals surface area contributed by atoms with Crippen LogP contribution in [-0.2, 0) is 23.8 Å². The zero-order chi connectivity index (χ0) is 24.5. The van der Waals surface area contributed by atoms with Crippen LogP contribution in [0, 0.1) is 17.8 Å². The number of aliphatic hydroxyl groups is 1. The number of hydrogen-bond donors (Lipinski definition) is 2. The average molecular weight is 483 g/mol. The minimum absolute atomic E-state index is 0.0957. The Hall–Kier alpha value is -1.02. The van der Waals surface area contributed by atoms with Crippen LogP contribution in [0.3, 0.4) is 0 Å². The van der Waals surface area contributed by atoms with Gasteiger partial charge in [-0.25, -0.2) is 4.79 Å². The second-order valence-corrected chi connectivity index (χ2v) is 10.7. The van der Waals surface area contributed by atoms with Gasteiger partial charge in [0.1, 0.15) is 36.8 Å². The SMILES string of the molecule is CCCCCCCC1CC(=O)C(C2OC(COCC(=O)O)C3OC3C2O)CC1CCCCCC. The number of carbonyl (C=O) groups excluding carboxylic acids is 1. The first kappa shape index (κ1) is 27.6. The van der Waals surface area contributed by atoms with Crippen LogP contribution in [0.5, 0.6) is 0 Å². The minimum Gasteiger partial charge on any atom is -0.480 e. The van der Waals surface area contributed by atoms with E-state index in [-0.39, 0.29) is 30.5 Å². The van der Waals surface area contributed by atoms with Gasteiger partial charge in [-0.1, -0.05) is 78.1 Å². The molecule has 3 aliphatic rings. The number of carbonyl (C=O) groups is 2. The number of aliphatic hydroxyl groups excluding tert-OH is 1. The number of unbranched alkanes of at least 4 members (excludes halogenated alkanes) is 7. The van der Waals surface area contributed by atoms with E-state index in [0.717, 1.165) is 19.3 Å². The Kier molecular flexibility index (Phi) is 11.3. The monoisotopic (exact) mass is 482 g/mol. The summed E-state index contributed by atoms with van der Waals surface area (Å²) in [5.74, 6) is -0.227. The Balaban J connectivity index is 1.60. The van der Waals surface area contributed by atoms with Gasteiger partial charge in [-0.05, 0) is 24.7 Å². The van der Waals surface area contributed by atoms with E-state index >= 15 is 0 Å². The molecule has 2 aliphatic heterocycles. The number of carboxylic acid groups (broad SMARTS) is 1. The summed E-state index contributed by atoms with van der Waals surface area (Å²) in [6.07, 6.45) is 12.2. The maximum Gasteiger partial charge on any atom is 0.329 e. The molecule has 2 heterocycles. The molecule has 7 nitrogen and oxygen atoms in total. The molecule has 8 unspecified atom stereocenters. The van der Waals surface area contributed by atoms with Crippen molar-refractivity contribution in [1.29, 1.82) is 0 Å². The molecule has 34 heavy (non-hydrogen) atoms. The van der Waals surface area contributed by atoms with Gasteiger partial charge < -0.3 is 24.4 Å². The number of carboxylic acids is 1. The lowest BCUT2D eigenvalue weighted by atomic mass is 9.67. The third-order valence-corrected chi connectivity index (χ3v) is 8.04.